The SMILES string of the molecule is COc1nc(Cl)nc(NCC2(N(C)C)CCCC(C)C2)n1. The molecule has 2 atom stereocenters. The molecule has 0 bridgehead atoms. The third-order valence-electron chi connectivity index (χ3n) is 4.36. The molecule has 1 fully saturated rings. The van der Waals surface area contributed by atoms with Gasteiger partial charge in [-0.25, -0.2) is 0 Å². The van der Waals surface area contributed by atoms with E-state index in [1.165, 1.54) is 32.8 Å². The molecule has 1 heterocycles. The van der Waals surface area contributed by atoms with E-state index < -0.39 is 0 Å². The number of nitrogens with zero attached hydrogens (tertiary/aromatic N) is 4. The Labute approximate surface area is 131 Å². The van der Waals surface area contributed by atoms with Gasteiger partial charge in [0, 0.05) is 12.1 Å². The maximum Gasteiger partial charge on any atom is 0.322 e. The fourth-order valence-electron chi connectivity index (χ4n) is 3.10. The summed E-state index contributed by atoms with van der Waals surface area (Å²) in [5.41, 5.74) is 0.129. The normalized spacial score (nSPS) is 25.9. The van der Waals surface area contributed by atoms with Crippen LogP contribution in [0.5, 0.6) is 6.01 Å². The molecule has 118 valence electrons. The van der Waals surface area contributed by atoms with E-state index in [9.17, 15) is 0 Å². The van der Waals surface area contributed by atoms with Gasteiger partial charge in [0.1, 0.15) is 0 Å². The lowest BCUT2D eigenvalue weighted by atomic mass is 9.75. The van der Waals surface area contributed by atoms with Crippen LogP contribution in [0.2, 0.25) is 5.28 Å². The van der Waals surface area contributed by atoms with Crippen LogP contribution in [-0.2, 0) is 0 Å². The van der Waals surface area contributed by atoms with Gasteiger partial charge in [-0.1, -0.05) is 19.8 Å². The first kappa shape index (κ1) is 16.2. The number of likely N-dealkylation sites (N-methyl/N-ethyl adjacent to an activating group) is 1. The molecule has 1 saturated carbocycles. The summed E-state index contributed by atoms with van der Waals surface area (Å²) in [5, 5.41) is 3.44. The van der Waals surface area contributed by atoms with Gasteiger partial charge in [-0.2, -0.15) is 15.0 Å². The average Bonchev–Trinajstić information content (AvgIpc) is 2.44. The number of hydrogen-bond donors (Lipinski definition) is 1. The summed E-state index contributed by atoms with van der Waals surface area (Å²) in [4.78, 5) is 14.5. The topological polar surface area (TPSA) is 63.2 Å². The summed E-state index contributed by atoms with van der Waals surface area (Å²) in [7, 11) is 5.79. The third-order valence-corrected chi connectivity index (χ3v) is 4.53. The summed E-state index contributed by atoms with van der Waals surface area (Å²) < 4.78 is 5.02. The highest BCUT2D eigenvalue weighted by atomic mass is 35.5. The molecule has 1 aromatic rings. The Morgan fingerprint density at radius 1 is 1.38 bits per heavy atom. The Balaban J connectivity index is 2.10. The predicted octanol–water partition coefficient (Wildman–Crippen LogP) is 2.46. The van der Waals surface area contributed by atoms with Crippen LogP contribution in [0, 0.1) is 5.92 Å². The van der Waals surface area contributed by atoms with Gasteiger partial charge in [-0.15, -0.1) is 0 Å². The first-order valence-corrected chi connectivity index (χ1v) is 7.70. The molecule has 1 aliphatic rings. The maximum atomic E-state index is 5.88. The minimum Gasteiger partial charge on any atom is -0.467 e. The van der Waals surface area contributed by atoms with Crippen LogP contribution >= 0.6 is 11.6 Å². The van der Waals surface area contributed by atoms with Crippen molar-refractivity contribution in [3.63, 3.8) is 0 Å². The molecule has 1 N–H and O–H groups in total. The Hall–Kier alpha value is -1.14. The molecule has 6 nitrogen and oxygen atoms in total. The Morgan fingerprint density at radius 2 is 2.14 bits per heavy atom. The van der Waals surface area contributed by atoms with Crippen LogP contribution in [-0.4, -0.2) is 53.1 Å². The number of halogens is 1. The second-order valence-electron chi connectivity index (χ2n) is 6.09. The molecule has 0 radical (unpaired) electrons. The summed E-state index contributed by atoms with van der Waals surface area (Å²) >= 11 is 5.88. The lowest BCUT2D eigenvalue weighted by Gasteiger charge is -2.45. The van der Waals surface area contributed by atoms with E-state index in [4.69, 9.17) is 16.3 Å². The fraction of sp³-hybridized carbons (Fsp3) is 0.786. The highest BCUT2D eigenvalue weighted by molar-refractivity contribution is 6.28. The zero-order chi connectivity index (χ0) is 15.5. The van der Waals surface area contributed by atoms with E-state index in [-0.39, 0.29) is 16.8 Å². The van der Waals surface area contributed by atoms with Crippen molar-refractivity contribution in [1.82, 2.24) is 19.9 Å². The molecule has 21 heavy (non-hydrogen) atoms. The number of rotatable bonds is 5. The first-order valence-electron chi connectivity index (χ1n) is 7.32. The van der Waals surface area contributed by atoms with E-state index in [1.807, 2.05) is 0 Å². The summed E-state index contributed by atoms with van der Waals surface area (Å²) in [5.74, 6) is 1.20. The van der Waals surface area contributed by atoms with Gasteiger partial charge in [0.25, 0.3) is 0 Å². The van der Waals surface area contributed by atoms with Crippen LogP contribution in [0.1, 0.15) is 32.6 Å². The molecule has 0 aromatic carbocycles. The fourth-order valence-corrected chi connectivity index (χ4v) is 3.26. The van der Waals surface area contributed by atoms with Crippen molar-refractivity contribution in [2.24, 2.45) is 5.92 Å². The van der Waals surface area contributed by atoms with Gasteiger partial charge in [0.15, 0.2) is 0 Å². The largest absolute Gasteiger partial charge is 0.467 e. The van der Waals surface area contributed by atoms with E-state index in [1.54, 1.807) is 0 Å². The predicted molar refractivity (Wildman–Crippen MR) is 83.9 cm³/mol. The van der Waals surface area contributed by atoms with Crippen molar-refractivity contribution >= 4 is 17.5 Å². The molecular weight excluding hydrogens is 290 g/mol. The minimum atomic E-state index is 0.129. The molecule has 1 aliphatic carbocycles. The van der Waals surface area contributed by atoms with Crippen LogP contribution in [0.4, 0.5) is 5.95 Å². The van der Waals surface area contributed by atoms with Gasteiger partial charge in [0.2, 0.25) is 11.2 Å². The molecule has 0 amide bonds. The van der Waals surface area contributed by atoms with Crippen molar-refractivity contribution in [3.05, 3.63) is 5.28 Å². The minimum absolute atomic E-state index is 0.129. The van der Waals surface area contributed by atoms with Crippen molar-refractivity contribution in [1.29, 1.82) is 0 Å². The molecule has 0 spiro atoms. The van der Waals surface area contributed by atoms with Crippen LogP contribution in [0.15, 0.2) is 0 Å². The number of ether oxygens (including phenoxy) is 1. The zero-order valence-corrected chi connectivity index (χ0v) is 13.9. The maximum absolute atomic E-state index is 5.88. The third kappa shape index (κ3) is 3.95. The van der Waals surface area contributed by atoms with E-state index in [0.29, 0.717) is 5.95 Å². The molecule has 2 unspecified atom stereocenters. The summed E-state index contributed by atoms with van der Waals surface area (Å²) in [6.45, 7) is 3.11. The standard InChI is InChI=1S/C14H24ClN5O/c1-10-6-5-7-14(8-10,20(2)3)9-16-12-17-11(15)18-13(19-12)21-4/h10H,5-9H2,1-4H3,(H,16,17,18,19). The molecule has 7 heteroatoms. The Bertz CT molecular complexity index is 484. The van der Waals surface area contributed by atoms with E-state index >= 15 is 0 Å². The van der Waals surface area contributed by atoms with Crippen molar-refractivity contribution in [3.8, 4) is 6.01 Å². The van der Waals surface area contributed by atoms with Crippen molar-refractivity contribution < 1.29 is 4.74 Å². The van der Waals surface area contributed by atoms with E-state index in [0.717, 1.165) is 12.5 Å². The second kappa shape index (κ2) is 6.75. The number of aromatic nitrogens is 3. The van der Waals surface area contributed by atoms with Crippen LogP contribution < -0.4 is 10.1 Å². The van der Waals surface area contributed by atoms with Crippen molar-refractivity contribution in [2.75, 3.05) is 33.1 Å². The highest BCUT2D eigenvalue weighted by Gasteiger charge is 2.36. The quantitative estimate of drug-likeness (QED) is 0.901. The van der Waals surface area contributed by atoms with Gasteiger partial charge in [-0.05, 0) is 44.5 Å². The number of hydrogen-bond acceptors (Lipinski definition) is 6. The van der Waals surface area contributed by atoms with Gasteiger partial charge >= 0.3 is 6.01 Å². The Morgan fingerprint density at radius 3 is 2.76 bits per heavy atom. The smallest absolute Gasteiger partial charge is 0.322 e. The molecule has 0 saturated heterocycles. The monoisotopic (exact) mass is 313 g/mol. The lowest BCUT2D eigenvalue weighted by molar-refractivity contribution is 0.0880. The van der Waals surface area contributed by atoms with Crippen LogP contribution in [0.25, 0.3) is 0 Å². The number of nitrogens with one attached hydrogen (secondary N) is 1. The molecule has 2 rings (SSSR count). The highest BCUT2D eigenvalue weighted by Crippen LogP contribution is 2.35. The van der Waals surface area contributed by atoms with Crippen molar-refractivity contribution in [2.45, 2.75) is 38.1 Å². The van der Waals surface area contributed by atoms with Crippen LogP contribution in [0.3, 0.4) is 0 Å². The second-order valence-corrected chi connectivity index (χ2v) is 6.43. The summed E-state index contributed by atoms with van der Waals surface area (Å²) in [6.07, 6.45) is 4.90. The van der Waals surface area contributed by atoms with Gasteiger partial charge < -0.3 is 15.0 Å². The number of anilines is 1. The Kier molecular flexibility index (Phi) is 5.22. The van der Waals surface area contributed by atoms with Gasteiger partial charge in [-0.3, -0.25) is 0 Å². The number of methoxy groups -OCH3 is 1. The zero-order valence-electron chi connectivity index (χ0n) is 13.2. The van der Waals surface area contributed by atoms with E-state index in [2.05, 4.69) is 46.2 Å². The van der Waals surface area contributed by atoms with Gasteiger partial charge in [0.05, 0.1) is 7.11 Å². The molecule has 0 aliphatic heterocycles. The first-order chi connectivity index (χ1) is 9.95. The molecular formula is C14H24ClN5O. The molecule has 1 aromatic heterocycles. The average molecular weight is 314 g/mol. The summed E-state index contributed by atoms with van der Waals surface area (Å²) in [6, 6.07) is 0.230. The lowest BCUT2D eigenvalue weighted by Crippen LogP contribution is -2.52.